The molecule has 0 heterocycles. The summed E-state index contributed by atoms with van der Waals surface area (Å²) in [7, 11) is 0. The van der Waals surface area contributed by atoms with E-state index in [2.05, 4.69) is 5.32 Å². The van der Waals surface area contributed by atoms with E-state index in [1.165, 1.54) is 6.07 Å². The Balaban J connectivity index is 2.11. The number of rotatable bonds is 3. The van der Waals surface area contributed by atoms with Crippen LogP contribution in [0, 0.1) is 12.7 Å². The summed E-state index contributed by atoms with van der Waals surface area (Å²) in [4.78, 5) is 0. The largest absolute Gasteiger partial charge is 0.381 e. The average molecular weight is 284 g/mol. The molecule has 0 saturated carbocycles. The van der Waals surface area contributed by atoms with Crippen LogP contribution >= 0.6 is 23.2 Å². The van der Waals surface area contributed by atoms with Crippen molar-refractivity contribution in [2.45, 2.75) is 13.5 Å². The highest BCUT2D eigenvalue weighted by Crippen LogP contribution is 2.22. The second-order valence-corrected chi connectivity index (χ2v) is 4.84. The number of hydrogen-bond donors (Lipinski definition) is 1. The first-order chi connectivity index (χ1) is 8.58. The molecule has 0 unspecified atom stereocenters. The zero-order valence-electron chi connectivity index (χ0n) is 9.81. The zero-order valence-corrected chi connectivity index (χ0v) is 11.3. The lowest BCUT2D eigenvalue weighted by Crippen LogP contribution is -2.02. The van der Waals surface area contributed by atoms with Gasteiger partial charge in [0, 0.05) is 22.8 Å². The molecule has 94 valence electrons. The third-order valence-corrected chi connectivity index (χ3v) is 3.39. The number of halogens is 3. The predicted octanol–water partition coefficient (Wildman–Crippen LogP) is 5.05. The molecule has 0 aliphatic heterocycles. The van der Waals surface area contributed by atoms with Gasteiger partial charge >= 0.3 is 0 Å². The quantitative estimate of drug-likeness (QED) is 0.831. The van der Waals surface area contributed by atoms with E-state index in [0.717, 1.165) is 11.3 Å². The minimum absolute atomic E-state index is 0.135. The molecule has 0 spiro atoms. The van der Waals surface area contributed by atoms with Crippen molar-refractivity contribution in [1.29, 1.82) is 0 Å². The Hall–Kier alpha value is -1.25. The van der Waals surface area contributed by atoms with Crippen LogP contribution in [0.4, 0.5) is 10.1 Å². The van der Waals surface area contributed by atoms with Gasteiger partial charge < -0.3 is 5.32 Å². The van der Waals surface area contributed by atoms with E-state index in [0.29, 0.717) is 17.1 Å². The highest BCUT2D eigenvalue weighted by molar-refractivity contribution is 6.31. The molecule has 0 bridgehead atoms. The molecule has 2 aromatic rings. The molecule has 0 fully saturated rings. The molecule has 1 nitrogen and oxygen atoms in total. The van der Waals surface area contributed by atoms with Crippen molar-refractivity contribution in [3.05, 3.63) is 63.4 Å². The van der Waals surface area contributed by atoms with Crippen LogP contribution in [-0.2, 0) is 6.54 Å². The summed E-state index contributed by atoms with van der Waals surface area (Å²) < 4.78 is 13.6. The standard InChI is InChI=1S/C14H12Cl2FN/c1-9-5-6-11(7-13(9)16)18-8-10-3-2-4-12(15)14(10)17/h2-7,18H,8H2,1H3. The molecule has 0 aliphatic rings. The molecule has 18 heavy (non-hydrogen) atoms. The summed E-state index contributed by atoms with van der Waals surface area (Å²) in [6.45, 7) is 2.30. The van der Waals surface area contributed by atoms with Crippen molar-refractivity contribution in [2.75, 3.05) is 5.32 Å². The number of anilines is 1. The third-order valence-electron chi connectivity index (χ3n) is 2.69. The first-order valence-corrected chi connectivity index (χ1v) is 6.26. The van der Waals surface area contributed by atoms with Crippen LogP contribution in [0.15, 0.2) is 36.4 Å². The number of benzene rings is 2. The minimum Gasteiger partial charge on any atom is -0.381 e. The Bertz CT molecular complexity index is 570. The minimum atomic E-state index is -0.384. The van der Waals surface area contributed by atoms with Crippen LogP contribution in [0.2, 0.25) is 10.0 Å². The van der Waals surface area contributed by atoms with Gasteiger partial charge in [0.2, 0.25) is 0 Å². The second kappa shape index (κ2) is 5.59. The van der Waals surface area contributed by atoms with E-state index in [-0.39, 0.29) is 10.8 Å². The summed E-state index contributed by atoms with van der Waals surface area (Å²) >= 11 is 11.7. The molecule has 0 saturated heterocycles. The van der Waals surface area contributed by atoms with Crippen LogP contribution in [-0.4, -0.2) is 0 Å². The monoisotopic (exact) mass is 283 g/mol. The first kappa shape index (κ1) is 13.2. The highest BCUT2D eigenvalue weighted by atomic mass is 35.5. The van der Waals surface area contributed by atoms with Crippen molar-refractivity contribution in [3.63, 3.8) is 0 Å². The van der Waals surface area contributed by atoms with Crippen molar-refractivity contribution < 1.29 is 4.39 Å². The molecule has 2 aromatic carbocycles. The molecule has 0 aliphatic carbocycles. The lowest BCUT2D eigenvalue weighted by atomic mass is 10.2. The summed E-state index contributed by atoms with van der Waals surface area (Å²) in [6.07, 6.45) is 0. The van der Waals surface area contributed by atoms with Gasteiger partial charge in [-0.3, -0.25) is 0 Å². The molecular formula is C14H12Cl2FN. The second-order valence-electron chi connectivity index (χ2n) is 4.03. The number of nitrogens with one attached hydrogen (secondary N) is 1. The van der Waals surface area contributed by atoms with Crippen molar-refractivity contribution >= 4 is 28.9 Å². The molecule has 0 atom stereocenters. The van der Waals surface area contributed by atoms with E-state index in [1.54, 1.807) is 12.1 Å². The summed E-state index contributed by atoms with van der Waals surface area (Å²) in [5, 5.41) is 3.94. The van der Waals surface area contributed by atoms with Gasteiger partial charge in [-0.2, -0.15) is 0 Å². The zero-order chi connectivity index (χ0) is 13.1. The van der Waals surface area contributed by atoms with E-state index >= 15 is 0 Å². The Kier molecular flexibility index (Phi) is 4.10. The lowest BCUT2D eigenvalue weighted by Gasteiger charge is -2.09. The van der Waals surface area contributed by atoms with Gasteiger partial charge in [-0.05, 0) is 30.7 Å². The first-order valence-electron chi connectivity index (χ1n) is 5.51. The molecule has 1 N–H and O–H groups in total. The molecule has 0 aromatic heterocycles. The average Bonchev–Trinajstić information content (AvgIpc) is 2.35. The Morgan fingerprint density at radius 3 is 2.61 bits per heavy atom. The summed E-state index contributed by atoms with van der Waals surface area (Å²) in [5.74, 6) is -0.384. The van der Waals surface area contributed by atoms with Gasteiger partial charge in [0.15, 0.2) is 0 Å². The maximum absolute atomic E-state index is 13.6. The van der Waals surface area contributed by atoms with Gasteiger partial charge in [-0.1, -0.05) is 41.4 Å². The smallest absolute Gasteiger partial charge is 0.146 e. The molecule has 0 radical (unpaired) electrons. The number of hydrogen-bond acceptors (Lipinski definition) is 1. The molecular weight excluding hydrogens is 272 g/mol. The Morgan fingerprint density at radius 2 is 1.89 bits per heavy atom. The van der Waals surface area contributed by atoms with Gasteiger partial charge in [0.05, 0.1) is 5.02 Å². The van der Waals surface area contributed by atoms with Gasteiger partial charge in [0.25, 0.3) is 0 Å². The SMILES string of the molecule is Cc1ccc(NCc2cccc(Cl)c2F)cc1Cl. The van der Waals surface area contributed by atoms with Crippen LogP contribution < -0.4 is 5.32 Å². The third kappa shape index (κ3) is 2.95. The Morgan fingerprint density at radius 1 is 1.11 bits per heavy atom. The fourth-order valence-electron chi connectivity index (χ4n) is 1.59. The maximum Gasteiger partial charge on any atom is 0.146 e. The summed E-state index contributed by atoms with van der Waals surface area (Å²) in [6, 6.07) is 10.6. The van der Waals surface area contributed by atoms with Crippen molar-refractivity contribution in [2.24, 2.45) is 0 Å². The highest BCUT2D eigenvalue weighted by Gasteiger charge is 2.06. The predicted molar refractivity (Wildman–Crippen MR) is 74.9 cm³/mol. The van der Waals surface area contributed by atoms with Crippen LogP contribution in [0.1, 0.15) is 11.1 Å². The van der Waals surface area contributed by atoms with Crippen LogP contribution in [0.5, 0.6) is 0 Å². The van der Waals surface area contributed by atoms with Crippen LogP contribution in [0.25, 0.3) is 0 Å². The molecule has 2 rings (SSSR count). The van der Waals surface area contributed by atoms with Crippen molar-refractivity contribution in [1.82, 2.24) is 0 Å². The van der Waals surface area contributed by atoms with Crippen LogP contribution in [0.3, 0.4) is 0 Å². The number of aryl methyl sites for hydroxylation is 1. The Labute approximate surface area is 116 Å². The van der Waals surface area contributed by atoms with Gasteiger partial charge in [-0.25, -0.2) is 4.39 Å². The normalized spacial score (nSPS) is 10.4. The van der Waals surface area contributed by atoms with E-state index in [4.69, 9.17) is 23.2 Å². The lowest BCUT2D eigenvalue weighted by molar-refractivity contribution is 0.613. The van der Waals surface area contributed by atoms with E-state index in [1.807, 2.05) is 25.1 Å². The maximum atomic E-state index is 13.6. The van der Waals surface area contributed by atoms with Gasteiger partial charge in [-0.15, -0.1) is 0 Å². The van der Waals surface area contributed by atoms with Gasteiger partial charge in [0.1, 0.15) is 5.82 Å². The fourth-order valence-corrected chi connectivity index (χ4v) is 1.96. The fraction of sp³-hybridized carbons (Fsp3) is 0.143. The van der Waals surface area contributed by atoms with E-state index in [9.17, 15) is 4.39 Å². The van der Waals surface area contributed by atoms with E-state index < -0.39 is 0 Å². The molecule has 0 amide bonds. The topological polar surface area (TPSA) is 12.0 Å². The van der Waals surface area contributed by atoms with Crippen molar-refractivity contribution in [3.8, 4) is 0 Å². The molecule has 4 heteroatoms. The summed E-state index contributed by atoms with van der Waals surface area (Å²) in [5.41, 5.74) is 2.39.